The van der Waals surface area contributed by atoms with Crippen molar-refractivity contribution in [3.8, 4) is 17.5 Å². The fourth-order valence-corrected chi connectivity index (χ4v) is 6.16. The Bertz CT molecular complexity index is 2170. The van der Waals surface area contributed by atoms with Crippen LogP contribution < -0.4 is 5.56 Å². The number of hydrogen-bond acceptors (Lipinski definition) is 4. The summed E-state index contributed by atoms with van der Waals surface area (Å²) in [5, 5.41) is 7.24. The van der Waals surface area contributed by atoms with Crippen LogP contribution in [0, 0.1) is 11.8 Å². The molecular formula is C38H34N4O3. The number of carbonyl (C=O) groups is 1. The molecule has 7 rings (SSSR count). The molecule has 0 bridgehead atoms. The van der Waals surface area contributed by atoms with E-state index in [9.17, 15) is 9.59 Å². The molecule has 0 N–H and O–H groups in total. The molecule has 1 saturated carbocycles. The van der Waals surface area contributed by atoms with Gasteiger partial charge in [0.15, 0.2) is 0 Å². The van der Waals surface area contributed by atoms with Gasteiger partial charge in [0, 0.05) is 53.7 Å². The zero-order valence-electron chi connectivity index (χ0n) is 25.5. The number of aryl methyl sites for hydroxylation is 3. The third kappa shape index (κ3) is 5.44. The van der Waals surface area contributed by atoms with Gasteiger partial charge in [-0.3, -0.25) is 18.8 Å². The van der Waals surface area contributed by atoms with Crippen molar-refractivity contribution in [2.24, 2.45) is 7.05 Å². The van der Waals surface area contributed by atoms with Crippen LogP contribution in [0.1, 0.15) is 48.6 Å². The number of fused-ring (bicyclic) bond motifs is 2. The first-order valence-corrected chi connectivity index (χ1v) is 15.4. The standard InChI is InChI=1S/C38H34N4O3/c1-3-31-22-29-11-9-10-28(36(29)37(44)42(31)32-12-5-4-6-13-32)17-16-27-23-39-41(24-27)38(20-21-38)26-45-35(43)19-18-30-25-40(2)34-15-8-7-14-33(30)34/h4-15,22-25H,3,18-21,26H2,1-2H3. The lowest BCUT2D eigenvalue weighted by Crippen LogP contribution is -2.26. The fourth-order valence-electron chi connectivity index (χ4n) is 6.16. The van der Waals surface area contributed by atoms with Gasteiger partial charge >= 0.3 is 5.97 Å². The smallest absolute Gasteiger partial charge is 0.306 e. The molecule has 6 aromatic rings. The Morgan fingerprint density at radius 2 is 1.78 bits per heavy atom. The zero-order chi connectivity index (χ0) is 31.0. The molecule has 7 nitrogen and oxygen atoms in total. The summed E-state index contributed by atoms with van der Waals surface area (Å²) in [6, 6.07) is 25.8. The first kappa shape index (κ1) is 28.4. The molecular weight excluding hydrogens is 560 g/mol. The number of rotatable bonds is 8. The van der Waals surface area contributed by atoms with E-state index in [1.807, 2.05) is 78.6 Å². The minimum absolute atomic E-state index is 0.0738. The molecule has 3 aromatic carbocycles. The highest BCUT2D eigenvalue weighted by Gasteiger charge is 2.47. The Labute approximate surface area is 261 Å². The van der Waals surface area contributed by atoms with Crippen molar-refractivity contribution in [2.75, 3.05) is 6.61 Å². The molecule has 3 aromatic heterocycles. The molecule has 0 unspecified atom stereocenters. The molecule has 45 heavy (non-hydrogen) atoms. The highest BCUT2D eigenvalue weighted by Crippen LogP contribution is 2.43. The quantitative estimate of drug-likeness (QED) is 0.153. The van der Waals surface area contributed by atoms with Crippen LogP contribution in [0.4, 0.5) is 0 Å². The van der Waals surface area contributed by atoms with Gasteiger partial charge < -0.3 is 9.30 Å². The van der Waals surface area contributed by atoms with Crippen LogP contribution in [0.2, 0.25) is 0 Å². The van der Waals surface area contributed by atoms with Crippen molar-refractivity contribution in [2.45, 2.75) is 44.6 Å². The molecule has 3 heterocycles. The molecule has 1 aliphatic rings. The summed E-state index contributed by atoms with van der Waals surface area (Å²) in [4.78, 5) is 26.5. The molecule has 0 amide bonds. The molecule has 7 heteroatoms. The number of nitrogens with zero attached hydrogens (tertiary/aromatic N) is 4. The second kappa shape index (κ2) is 11.6. The maximum Gasteiger partial charge on any atom is 0.306 e. The Kier molecular flexibility index (Phi) is 7.34. The van der Waals surface area contributed by atoms with Crippen molar-refractivity contribution < 1.29 is 9.53 Å². The Morgan fingerprint density at radius 3 is 2.58 bits per heavy atom. The third-order valence-electron chi connectivity index (χ3n) is 8.82. The average molecular weight is 595 g/mol. The van der Waals surface area contributed by atoms with Gasteiger partial charge in [-0.2, -0.15) is 5.10 Å². The predicted molar refractivity (Wildman–Crippen MR) is 177 cm³/mol. The fraction of sp³-hybridized carbons (Fsp3) is 0.237. The average Bonchev–Trinajstić information content (AvgIpc) is 3.58. The number of pyridine rings is 1. The van der Waals surface area contributed by atoms with E-state index in [1.54, 1.807) is 10.8 Å². The van der Waals surface area contributed by atoms with Gasteiger partial charge in [0.2, 0.25) is 0 Å². The van der Waals surface area contributed by atoms with E-state index in [4.69, 9.17) is 4.74 Å². The summed E-state index contributed by atoms with van der Waals surface area (Å²) >= 11 is 0. The van der Waals surface area contributed by atoms with Gasteiger partial charge in [0.05, 0.1) is 22.7 Å². The lowest BCUT2D eigenvalue weighted by molar-refractivity contribution is -0.145. The molecule has 0 radical (unpaired) electrons. The Balaban J connectivity index is 1.07. The van der Waals surface area contributed by atoms with Crippen molar-refractivity contribution >= 4 is 27.6 Å². The maximum absolute atomic E-state index is 13.8. The van der Waals surface area contributed by atoms with Crippen LogP contribution in [0.5, 0.6) is 0 Å². The second-order valence-electron chi connectivity index (χ2n) is 11.8. The van der Waals surface area contributed by atoms with Gasteiger partial charge in [-0.1, -0.05) is 67.3 Å². The highest BCUT2D eigenvalue weighted by molar-refractivity contribution is 5.88. The van der Waals surface area contributed by atoms with Crippen LogP contribution in [-0.2, 0) is 35.0 Å². The van der Waals surface area contributed by atoms with E-state index in [0.717, 1.165) is 52.7 Å². The van der Waals surface area contributed by atoms with E-state index >= 15 is 0 Å². The summed E-state index contributed by atoms with van der Waals surface area (Å²) in [6.07, 6.45) is 9.21. The number of aromatic nitrogens is 4. The molecule has 0 spiro atoms. The van der Waals surface area contributed by atoms with E-state index in [0.29, 0.717) is 23.8 Å². The minimum atomic E-state index is -0.325. The van der Waals surface area contributed by atoms with Gasteiger partial charge in [-0.15, -0.1) is 0 Å². The molecule has 0 saturated heterocycles. The third-order valence-corrected chi connectivity index (χ3v) is 8.82. The van der Waals surface area contributed by atoms with Crippen LogP contribution in [0.15, 0.2) is 102 Å². The number of hydrogen-bond donors (Lipinski definition) is 0. The monoisotopic (exact) mass is 594 g/mol. The SMILES string of the molecule is CCc1cc2cccc(C#Cc3cnn(C4(COC(=O)CCc5cn(C)c6ccccc56)CC4)c3)c2c(=O)n1-c1ccccc1. The van der Waals surface area contributed by atoms with E-state index in [-0.39, 0.29) is 23.7 Å². The number of carbonyl (C=O) groups excluding carboxylic acids is 1. The summed E-state index contributed by atoms with van der Waals surface area (Å²) in [5.74, 6) is 6.25. The van der Waals surface area contributed by atoms with Crippen molar-refractivity contribution in [1.29, 1.82) is 0 Å². The number of benzene rings is 3. The summed E-state index contributed by atoms with van der Waals surface area (Å²) in [5.41, 5.74) is 5.13. The number of para-hydroxylation sites is 2. The largest absolute Gasteiger partial charge is 0.463 e. The number of ether oxygens (including phenoxy) is 1. The highest BCUT2D eigenvalue weighted by atomic mass is 16.5. The van der Waals surface area contributed by atoms with Crippen molar-refractivity contribution in [3.05, 3.63) is 130 Å². The summed E-state index contributed by atoms with van der Waals surface area (Å²) in [6.45, 7) is 2.35. The van der Waals surface area contributed by atoms with Crippen LogP contribution >= 0.6 is 0 Å². The van der Waals surface area contributed by atoms with Crippen molar-refractivity contribution in [3.63, 3.8) is 0 Å². The topological polar surface area (TPSA) is 71.1 Å². The lowest BCUT2D eigenvalue weighted by atomic mass is 10.0. The maximum atomic E-state index is 13.8. The molecule has 0 atom stereocenters. The molecule has 0 aliphatic heterocycles. The zero-order valence-corrected chi connectivity index (χ0v) is 25.5. The molecule has 1 fully saturated rings. The van der Waals surface area contributed by atoms with E-state index < -0.39 is 0 Å². The van der Waals surface area contributed by atoms with Crippen molar-refractivity contribution in [1.82, 2.24) is 18.9 Å². The van der Waals surface area contributed by atoms with E-state index in [2.05, 4.69) is 52.8 Å². The van der Waals surface area contributed by atoms with Gasteiger partial charge in [0.25, 0.3) is 5.56 Å². The molecule has 1 aliphatic carbocycles. The predicted octanol–water partition coefficient (Wildman–Crippen LogP) is 6.31. The van der Waals surface area contributed by atoms with Gasteiger partial charge in [0.1, 0.15) is 6.61 Å². The first-order chi connectivity index (χ1) is 22.0. The second-order valence-corrected chi connectivity index (χ2v) is 11.8. The summed E-state index contributed by atoms with van der Waals surface area (Å²) < 4.78 is 11.5. The Morgan fingerprint density at radius 1 is 0.978 bits per heavy atom. The lowest BCUT2D eigenvalue weighted by Gasteiger charge is -2.16. The van der Waals surface area contributed by atoms with E-state index in [1.165, 1.54) is 5.39 Å². The molecule has 224 valence electrons. The van der Waals surface area contributed by atoms with Crippen LogP contribution in [-0.4, -0.2) is 31.5 Å². The van der Waals surface area contributed by atoms with Crippen LogP contribution in [0.25, 0.3) is 27.4 Å². The first-order valence-electron chi connectivity index (χ1n) is 15.4. The summed E-state index contributed by atoms with van der Waals surface area (Å²) in [7, 11) is 2.02. The van der Waals surface area contributed by atoms with Crippen LogP contribution in [0.3, 0.4) is 0 Å². The van der Waals surface area contributed by atoms with Gasteiger partial charge in [-0.05, 0) is 67.0 Å². The number of esters is 1. The van der Waals surface area contributed by atoms with Gasteiger partial charge in [-0.25, -0.2) is 0 Å². The Hall–Kier alpha value is -5.35. The minimum Gasteiger partial charge on any atom is -0.463 e. The normalized spacial score (nSPS) is 13.5.